The summed E-state index contributed by atoms with van der Waals surface area (Å²) in [5.74, 6) is -0.206. The van der Waals surface area contributed by atoms with Crippen LogP contribution >= 0.6 is 22.7 Å². The van der Waals surface area contributed by atoms with Gasteiger partial charge in [-0.25, -0.2) is 15.0 Å². The maximum atomic E-state index is 12.6. The third-order valence-electron chi connectivity index (χ3n) is 5.56. The van der Waals surface area contributed by atoms with E-state index >= 15 is 0 Å². The zero-order valence-electron chi connectivity index (χ0n) is 18.8. The van der Waals surface area contributed by atoms with E-state index in [2.05, 4.69) is 36.1 Å². The van der Waals surface area contributed by atoms with Crippen molar-refractivity contribution in [3.63, 3.8) is 0 Å². The Kier molecular flexibility index (Phi) is 5.68. The summed E-state index contributed by atoms with van der Waals surface area (Å²) in [5, 5.41) is 7.71. The number of thiophene rings is 1. The molecule has 1 aromatic carbocycles. The Labute approximate surface area is 213 Å². The highest BCUT2D eigenvalue weighted by Crippen LogP contribution is 2.34. The summed E-state index contributed by atoms with van der Waals surface area (Å²) in [5.41, 5.74) is 10.0. The molecule has 0 saturated carbocycles. The molecule has 0 saturated heterocycles. The van der Waals surface area contributed by atoms with Crippen LogP contribution in [0.2, 0.25) is 0 Å². The van der Waals surface area contributed by atoms with Crippen LogP contribution in [0, 0.1) is 0 Å². The number of amides is 1. The Morgan fingerprint density at radius 3 is 2.78 bits per heavy atom. The van der Waals surface area contributed by atoms with Gasteiger partial charge in [-0.05, 0) is 30.3 Å². The summed E-state index contributed by atoms with van der Waals surface area (Å²) in [6, 6.07) is 14.9. The number of pyridine rings is 1. The third-order valence-corrected chi connectivity index (χ3v) is 7.49. The zero-order valence-corrected chi connectivity index (χ0v) is 20.5. The largest absolute Gasteiger partial charge is 0.397 e. The van der Waals surface area contributed by atoms with Crippen molar-refractivity contribution in [1.29, 1.82) is 0 Å². The van der Waals surface area contributed by atoms with Crippen molar-refractivity contribution in [3.05, 3.63) is 96.3 Å². The molecule has 6 aromatic rings. The molecule has 0 radical (unpaired) electrons. The van der Waals surface area contributed by atoms with Gasteiger partial charge in [-0.3, -0.25) is 9.20 Å². The fraction of sp³-hybridized carbons (Fsp3) is 0.0400. The number of benzene rings is 1. The minimum absolute atomic E-state index is 0.206. The van der Waals surface area contributed by atoms with Gasteiger partial charge in [0.25, 0.3) is 5.91 Å². The first kappa shape index (κ1) is 22.0. The van der Waals surface area contributed by atoms with Crippen LogP contribution in [-0.2, 0) is 6.54 Å². The number of rotatable bonds is 7. The predicted octanol–water partition coefficient (Wildman–Crippen LogP) is 5.34. The van der Waals surface area contributed by atoms with Crippen LogP contribution in [0.4, 0.5) is 21.5 Å². The van der Waals surface area contributed by atoms with Crippen LogP contribution in [0.15, 0.2) is 85.8 Å². The lowest BCUT2D eigenvalue weighted by atomic mass is 10.2. The number of anilines is 4. The van der Waals surface area contributed by atoms with Crippen molar-refractivity contribution >= 4 is 55.7 Å². The second-order valence-corrected chi connectivity index (χ2v) is 10.1. The summed E-state index contributed by atoms with van der Waals surface area (Å²) in [4.78, 5) is 27.5. The van der Waals surface area contributed by atoms with Gasteiger partial charge >= 0.3 is 0 Å². The number of carbonyl (C=O) groups excluding carboxylic acids is 1. The van der Waals surface area contributed by atoms with E-state index in [1.807, 2.05) is 53.6 Å². The van der Waals surface area contributed by atoms with Gasteiger partial charge in [0.15, 0.2) is 5.13 Å². The zero-order chi connectivity index (χ0) is 24.5. The van der Waals surface area contributed by atoms with Crippen LogP contribution in [0.3, 0.4) is 0 Å². The SMILES string of the molecule is Nc1ccccc1NC(=O)c1ccc(Nc2ncc(-c3cnc4c(Cn5ccnc5)cccn34)s2)s1. The van der Waals surface area contributed by atoms with Gasteiger partial charge < -0.3 is 20.9 Å². The number of carbonyl (C=O) groups is 1. The fourth-order valence-corrected chi connectivity index (χ4v) is 5.53. The highest BCUT2D eigenvalue weighted by molar-refractivity contribution is 7.20. The molecule has 0 unspecified atom stereocenters. The molecule has 11 heteroatoms. The van der Waals surface area contributed by atoms with Crippen LogP contribution in [-0.4, -0.2) is 29.8 Å². The molecular formula is C25H20N8OS2. The van der Waals surface area contributed by atoms with Gasteiger partial charge in [0, 0.05) is 30.4 Å². The molecule has 0 fully saturated rings. The van der Waals surface area contributed by atoms with Gasteiger partial charge in [-0.2, -0.15) is 0 Å². The lowest BCUT2D eigenvalue weighted by molar-refractivity contribution is 0.103. The molecule has 5 heterocycles. The first-order chi connectivity index (χ1) is 17.6. The number of thiazole rings is 1. The van der Waals surface area contributed by atoms with E-state index in [0.29, 0.717) is 22.8 Å². The molecule has 0 spiro atoms. The molecule has 0 aliphatic heterocycles. The lowest BCUT2D eigenvalue weighted by Crippen LogP contribution is -2.11. The second kappa shape index (κ2) is 9.29. The molecule has 1 amide bonds. The van der Waals surface area contributed by atoms with E-state index in [4.69, 9.17) is 5.73 Å². The standard InChI is InChI=1S/C25H20N8OS2/c26-17-5-1-2-6-18(17)30-24(34)20-7-8-22(35-20)31-25-29-13-21(36-25)19-12-28-23-16(4-3-10-33(19)23)14-32-11-9-27-15-32/h1-13,15H,14,26H2,(H,29,31)(H,30,34). The third kappa shape index (κ3) is 4.32. The maximum Gasteiger partial charge on any atom is 0.265 e. The highest BCUT2D eigenvalue weighted by atomic mass is 32.1. The number of imidazole rings is 2. The number of para-hydroxylation sites is 2. The number of nitrogens with one attached hydrogen (secondary N) is 2. The van der Waals surface area contributed by atoms with Crippen LogP contribution in [0.5, 0.6) is 0 Å². The van der Waals surface area contributed by atoms with E-state index < -0.39 is 0 Å². The number of nitrogens with zero attached hydrogens (tertiary/aromatic N) is 5. The Hall–Kier alpha value is -4.48. The van der Waals surface area contributed by atoms with Crippen LogP contribution < -0.4 is 16.4 Å². The summed E-state index contributed by atoms with van der Waals surface area (Å²) in [7, 11) is 0. The second-order valence-electron chi connectivity index (χ2n) is 7.97. The number of aromatic nitrogens is 5. The van der Waals surface area contributed by atoms with E-state index in [9.17, 15) is 4.79 Å². The average molecular weight is 513 g/mol. The Morgan fingerprint density at radius 1 is 1.00 bits per heavy atom. The molecule has 4 N–H and O–H groups in total. The molecule has 0 bridgehead atoms. The van der Waals surface area contributed by atoms with E-state index in [-0.39, 0.29) is 5.91 Å². The Bertz CT molecular complexity index is 1660. The molecule has 36 heavy (non-hydrogen) atoms. The van der Waals surface area contributed by atoms with Crippen molar-refractivity contribution in [3.8, 4) is 10.6 Å². The molecule has 5 aromatic heterocycles. The van der Waals surface area contributed by atoms with Crippen LogP contribution in [0.1, 0.15) is 15.2 Å². The topological polar surface area (TPSA) is 115 Å². The summed E-state index contributed by atoms with van der Waals surface area (Å²) in [6.07, 6.45) is 11.2. The molecular weight excluding hydrogens is 492 g/mol. The van der Waals surface area contributed by atoms with Crippen LogP contribution in [0.25, 0.3) is 16.2 Å². The van der Waals surface area contributed by atoms with Gasteiger partial charge in [-0.1, -0.05) is 29.5 Å². The predicted molar refractivity (Wildman–Crippen MR) is 144 cm³/mol. The molecule has 0 aliphatic rings. The maximum absolute atomic E-state index is 12.6. The number of hydrogen-bond acceptors (Lipinski definition) is 8. The minimum Gasteiger partial charge on any atom is -0.397 e. The number of nitrogens with two attached hydrogens (primary N) is 1. The quantitative estimate of drug-likeness (QED) is 0.249. The first-order valence-corrected chi connectivity index (χ1v) is 12.7. The van der Waals surface area contributed by atoms with Gasteiger partial charge in [0.1, 0.15) is 5.65 Å². The number of fused-ring (bicyclic) bond motifs is 1. The summed E-state index contributed by atoms with van der Waals surface area (Å²) >= 11 is 2.88. The van der Waals surface area contributed by atoms with Crippen molar-refractivity contribution in [2.45, 2.75) is 6.54 Å². The normalized spacial score (nSPS) is 11.1. The number of hydrogen-bond donors (Lipinski definition) is 3. The smallest absolute Gasteiger partial charge is 0.265 e. The molecule has 9 nitrogen and oxygen atoms in total. The van der Waals surface area contributed by atoms with Crippen molar-refractivity contribution < 1.29 is 4.79 Å². The van der Waals surface area contributed by atoms with Crippen molar-refractivity contribution in [2.24, 2.45) is 0 Å². The number of nitrogen functional groups attached to an aromatic ring is 1. The molecule has 0 atom stereocenters. The van der Waals surface area contributed by atoms with Crippen molar-refractivity contribution in [1.82, 2.24) is 23.9 Å². The Balaban J connectivity index is 1.18. The average Bonchev–Trinajstić information content (AvgIpc) is 3.68. The van der Waals surface area contributed by atoms with Gasteiger partial charge in [-0.15, -0.1) is 11.3 Å². The first-order valence-electron chi connectivity index (χ1n) is 11.0. The fourth-order valence-electron chi connectivity index (χ4n) is 3.83. The monoisotopic (exact) mass is 512 g/mol. The highest BCUT2D eigenvalue weighted by Gasteiger charge is 2.15. The summed E-state index contributed by atoms with van der Waals surface area (Å²) in [6.45, 7) is 0.696. The minimum atomic E-state index is -0.206. The van der Waals surface area contributed by atoms with E-state index in [1.54, 1.807) is 30.7 Å². The Morgan fingerprint density at radius 2 is 1.92 bits per heavy atom. The van der Waals surface area contributed by atoms with Crippen molar-refractivity contribution in [2.75, 3.05) is 16.4 Å². The summed E-state index contributed by atoms with van der Waals surface area (Å²) < 4.78 is 4.09. The van der Waals surface area contributed by atoms with E-state index in [0.717, 1.165) is 31.9 Å². The van der Waals surface area contributed by atoms with Gasteiger partial charge in [0.2, 0.25) is 0 Å². The van der Waals surface area contributed by atoms with Gasteiger partial charge in [0.05, 0.1) is 50.9 Å². The lowest BCUT2D eigenvalue weighted by Gasteiger charge is -2.06. The van der Waals surface area contributed by atoms with E-state index in [1.165, 1.54) is 22.7 Å². The molecule has 178 valence electrons. The molecule has 6 rings (SSSR count). The molecule has 0 aliphatic carbocycles.